The van der Waals surface area contributed by atoms with Crippen molar-refractivity contribution in [3.05, 3.63) is 35.4 Å². The van der Waals surface area contributed by atoms with Crippen molar-refractivity contribution in [1.82, 2.24) is 4.90 Å². The molecule has 2 atom stereocenters. The van der Waals surface area contributed by atoms with Crippen LogP contribution in [0.25, 0.3) is 0 Å². The van der Waals surface area contributed by atoms with E-state index in [1.165, 1.54) is 37.1 Å². The van der Waals surface area contributed by atoms with Gasteiger partial charge >= 0.3 is 0 Å². The van der Waals surface area contributed by atoms with Gasteiger partial charge in [-0.25, -0.2) is 0 Å². The topological polar surface area (TPSA) is 29.3 Å². The molecule has 1 saturated heterocycles. The summed E-state index contributed by atoms with van der Waals surface area (Å²) in [5.41, 5.74) is 8.95. The van der Waals surface area contributed by atoms with Crippen LogP contribution in [0.5, 0.6) is 0 Å². The molecule has 18 heavy (non-hydrogen) atoms. The maximum Gasteiger partial charge on any atom is 0.0473 e. The molecule has 2 N–H and O–H groups in total. The van der Waals surface area contributed by atoms with E-state index >= 15 is 0 Å². The zero-order valence-corrected chi connectivity index (χ0v) is 11.7. The number of rotatable bonds is 4. The van der Waals surface area contributed by atoms with Gasteiger partial charge in [0.05, 0.1) is 0 Å². The average molecular weight is 246 g/mol. The molecule has 0 saturated carbocycles. The lowest BCUT2D eigenvalue weighted by molar-refractivity contribution is 0.132. The molecule has 1 aromatic carbocycles. The Morgan fingerprint density at radius 2 is 2.17 bits per heavy atom. The second-order valence-electron chi connectivity index (χ2n) is 5.55. The summed E-state index contributed by atoms with van der Waals surface area (Å²) >= 11 is 0. The minimum Gasteiger partial charge on any atom is -0.329 e. The summed E-state index contributed by atoms with van der Waals surface area (Å²) in [5, 5.41) is 0. The van der Waals surface area contributed by atoms with Crippen molar-refractivity contribution in [2.24, 2.45) is 11.7 Å². The van der Waals surface area contributed by atoms with E-state index < -0.39 is 0 Å². The fourth-order valence-corrected chi connectivity index (χ4v) is 3.16. The van der Waals surface area contributed by atoms with Crippen LogP contribution < -0.4 is 5.73 Å². The molecule has 0 spiro atoms. The van der Waals surface area contributed by atoms with Crippen molar-refractivity contribution < 1.29 is 0 Å². The Bertz CT molecular complexity index is 375. The summed E-state index contributed by atoms with van der Waals surface area (Å²) in [6.07, 6.45) is 3.77. The predicted molar refractivity (Wildman–Crippen MR) is 77.6 cm³/mol. The van der Waals surface area contributed by atoms with Crippen LogP contribution in [0.2, 0.25) is 0 Å². The number of benzene rings is 1. The quantitative estimate of drug-likeness (QED) is 0.885. The summed E-state index contributed by atoms with van der Waals surface area (Å²) in [6.45, 7) is 7.70. The summed E-state index contributed by atoms with van der Waals surface area (Å²) in [7, 11) is 0. The van der Waals surface area contributed by atoms with Crippen molar-refractivity contribution >= 4 is 0 Å². The van der Waals surface area contributed by atoms with E-state index in [2.05, 4.69) is 43.0 Å². The second-order valence-corrected chi connectivity index (χ2v) is 5.55. The van der Waals surface area contributed by atoms with Crippen molar-refractivity contribution in [3.8, 4) is 0 Å². The smallest absolute Gasteiger partial charge is 0.0473 e. The second kappa shape index (κ2) is 6.35. The minimum absolute atomic E-state index is 0.406. The number of nitrogens with zero attached hydrogens (tertiary/aromatic N) is 1. The molecule has 0 radical (unpaired) electrons. The van der Waals surface area contributed by atoms with Crippen LogP contribution in [0.1, 0.15) is 43.9 Å². The molecule has 0 amide bonds. The lowest BCUT2D eigenvalue weighted by Gasteiger charge is -2.37. The van der Waals surface area contributed by atoms with Gasteiger partial charge in [0.1, 0.15) is 0 Å². The maximum atomic E-state index is 6.06. The first-order valence-corrected chi connectivity index (χ1v) is 7.28. The molecule has 1 heterocycles. The standard InChI is InChI=1S/C16H26N2/c1-3-14-8-4-5-9-15(14)16(11-17)18-10-6-7-13(2)12-18/h4-5,8-9,13,16H,3,6-7,10-12,17H2,1-2H3. The molecule has 100 valence electrons. The minimum atomic E-state index is 0.406. The lowest BCUT2D eigenvalue weighted by atomic mass is 9.93. The van der Waals surface area contributed by atoms with Gasteiger partial charge in [0, 0.05) is 19.1 Å². The maximum absolute atomic E-state index is 6.06. The van der Waals surface area contributed by atoms with E-state index in [0.29, 0.717) is 6.04 Å². The van der Waals surface area contributed by atoms with Crippen molar-refractivity contribution in [2.45, 2.75) is 39.2 Å². The van der Waals surface area contributed by atoms with Crippen LogP contribution in [0, 0.1) is 5.92 Å². The van der Waals surface area contributed by atoms with E-state index in [9.17, 15) is 0 Å². The molecule has 0 bridgehead atoms. The van der Waals surface area contributed by atoms with Gasteiger partial charge < -0.3 is 5.73 Å². The van der Waals surface area contributed by atoms with Crippen LogP contribution in [-0.4, -0.2) is 24.5 Å². The first-order valence-electron chi connectivity index (χ1n) is 7.28. The highest BCUT2D eigenvalue weighted by Crippen LogP contribution is 2.28. The molecule has 1 aliphatic heterocycles. The Morgan fingerprint density at radius 3 is 2.83 bits per heavy atom. The van der Waals surface area contributed by atoms with Crippen LogP contribution in [-0.2, 0) is 6.42 Å². The first-order chi connectivity index (χ1) is 8.76. The molecule has 1 fully saturated rings. The molecule has 2 rings (SSSR count). The zero-order chi connectivity index (χ0) is 13.0. The van der Waals surface area contributed by atoms with Crippen LogP contribution in [0.4, 0.5) is 0 Å². The largest absolute Gasteiger partial charge is 0.329 e. The fraction of sp³-hybridized carbons (Fsp3) is 0.625. The Hall–Kier alpha value is -0.860. The Balaban J connectivity index is 2.21. The predicted octanol–water partition coefficient (Wildman–Crippen LogP) is 2.98. The van der Waals surface area contributed by atoms with Crippen LogP contribution in [0.3, 0.4) is 0 Å². The molecular weight excluding hydrogens is 220 g/mol. The highest BCUT2D eigenvalue weighted by Gasteiger charge is 2.25. The van der Waals surface area contributed by atoms with E-state index in [0.717, 1.165) is 18.9 Å². The molecule has 1 aromatic rings. The van der Waals surface area contributed by atoms with Gasteiger partial charge in [-0.1, -0.05) is 38.1 Å². The number of hydrogen-bond donors (Lipinski definition) is 1. The summed E-state index contributed by atoms with van der Waals surface area (Å²) in [5.74, 6) is 0.807. The highest BCUT2D eigenvalue weighted by atomic mass is 15.2. The van der Waals surface area contributed by atoms with E-state index in [1.54, 1.807) is 0 Å². The summed E-state index contributed by atoms with van der Waals surface area (Å²) < 4.78 is 0. The normalized spacial score (nSPS) is 22.9. The van der Waals surface area contributed by atoms with Gasteiger partial charge in [-0.05, 0) is 42.9 Å². The Labute approximate surface area is 111 Å². The average Bonchev–Trinajstić information content (AvgIpc) is 2.40. The van der Waals surface area contributed by atoms with Gasteiger partial charge in [-0.2, -0.15) is 0 Å². The van der Waals surface area contributed by atoms with Crippen molar-refractivity contribution in [2.75, 3.05) is 19.6 Å². The third kappa shape index (κ3) is 2.93. The number of piperidine rings is 1. The highest BCUT2D eigenvalue weighted by molar-refractivity contribution is 5.30. The Morgan fingerprint density at radius 1 is 1.39 bits per heavy atom. The van der Waals surface area contributed by atoms with Crippen molar-refractivity contribution in [3.63, 3.8) is 0 Å². The van der Waals surface area contributed by atoms with Crippen LogP contribution >= 0.6 is 0 Å². The molecule has 1 aliphatic rings. The van der Waals surface area contributed by atoms with E-state index in [4.69, 9.17) is 5.73 Å². The monoisotopic (exact) mass is 246 g/mol. The molecule has 2 heteroatoms. The van der Waals surface area contributed by atoms with Gasteiger partial charge in [0.25, 0.3) is 0 Å². The number of likely N-dealkylation sites (tertiary alicyclic amines) is 1. The number of hydrogen-bond acceptors (Lipinski definition) is 2. The number of aryl methyl sites for hydroxylation is 1. The summed E-state index contributed by atoms with van der Waals surface area (Å²) in [6, 6.07) is 9.18. The van der Waals surface area contributed by atoms with Gasteiger partial charge in [0.2, 0.25) is 0 Å². The van der Waals surface area contributed by atoms with E-state index in [-0.39, 0.29) is 0 Å². The third-order valence-electron chi connectivity index (χ3n) is 4.15. The van der Waals surface area contributed by atoms with E-state index in [1.807, 2.05) is 0 Å². The third-order valence-corrected chi connectivity index (χ3v) is 4.15. The molecule has 2 nitrogen and oxygen atoms in total. The lowest BCUT2D eigenvalue weighted by Crippen LogP contribution is -2.40. The van der Waals surface area contributed by atoms with Crippen molar-refractivity contribution in [1.29, 1.82) is 0 Å². The number of nitrogens with two attached hydrogens (primary N) is 1. The molecular formula is C16H26N2. The van der Waals surface area contributed by atoms with Gasteiger partial charge in [0.15, 0.2) is 0 Å². The fourth-order valence-electron chi connectivity index (χ4n) is 3.16. The molecule has 2 unspecified atom stereocenters. The Kier molecular flexibility index (Phi) is 4.79. The van der Waals surface area contributed by atoms with Gasteiger partial charge in [-0.3, -0.25) is 4.90 Å². The molecule has 0 aliphatic carbocycles. The van der Waals surface area contributed by atoms with Crippen LogP contribution in [0.15, 0.2) is 24.3 Å². The SMILES string of the molecule is CCc1ccccc1C(CN)N1CCCC(C)C1. The first kappa shape index (κ1) is 13.6. The molecule has 0 aromatic heterocycles. The van der Waals surface area contributed by atoms with Gasteiger partial charge in [-0.15, -0.1) is 0 Å². The summed E-state index contributed by atoms with van der Waals surface area (Å²) in [4.78, 5) is 2.59. The zero-order valence-electron chi connectivity index (χ0n) is 11.7.